The van der Waals surface area contributed by atoms with Crippen LogP contribution in [0, 0.1) is 5.82 Å². The molecule has 0 atom stereocenters. The van der Waals surface area contributed by atoms with Crippen LogP contribution in [-0.2, 0) is 19.6 Å². The van der Waals surface area contributed by atoms with Gasteiger partial charge in [-0.25, -0.2) is 12.8 Å². The van der Waals surface area contributed by atoms with Crippen molar-refractivity contribution >= 4 is 38.6 Å². The zero-order valence-electron chi connectivity index (χ0n) is 21.9. The fourth-order valence-corrected chi connectivity index (χ4v) is 5.35. The van der Waals surface area contributed by atoms with Gasteiger partial charge in [0.2, 0.25) is 10.0 Å². The Morgan fingerprint density at radius 3 is 2.31 bits per heavy atom. The fraction of sp³-hybridized carbons (Fsp3) is 0.241. The maximum absolute atomic E-state index is 13.6. The summed E-state index contributed by atoms with van der Waals surface area (Å²) in [4.78, 5) is 24.1. The summed E-state index contributed by atoms with van der Waals surface area (Å²) in [6.45, 7) is 1.65. The molecule has 10 heteroatoms. The lowest BCUT2D eigenvalue weighted by atomic mass is 9.98. The molecule has 0 aliphatic carbocycles. The summed E-state index contributed by atoms with van der Waals surface area (Å²) in [5.74, 6) is -0.978. The number of ether oxygens (including phenoxy) is 1. The van der Waals surface area contributed by atoms with Crippen molar-refractivity contribution < 1.29 is 31.6 Å². The Kier molecular flexibility index (Phi) is 8.35. The lowest BCUT2D eigenvalue weighted by Crippen LogP contribution is -2.31. The summed E-state index contributed by atoms with van der Waals surface area (Å²) < 4.78 is 52.1. The summed E-state index contributed by atoms with van der Waals surface area (Å²) in [6.07, 6.45) is 2.04. The Balaban J connectivity index is 1.92. The molecule has 1 N–H and O–H groups in total. The van der Waals surface area contributed by atoms with Crippen LogP contribution >= 0.6 is 0 Å². The first-order valence-corrected chi connectivity index (χ1v) is 14.2. The molecular formula is C29H29FN2O6S. The van der Waals surface area contributed by atoms with Crippen LogP contribution in [0.25, 0.3) is 33.4 Å². The lowest BCUT2D eigenvalue weighted by Gasteiger charge is -2.25. The van der Waals surface area contributed by atoms with E-state index >= 15 is 0 Å². The van der Waals surface area contributed by atoms with E-state index in [0.717, 1.165) is 11.8 Å². The van der Waals surface area contributed by atoms with Crippen molar-refractivity contribution in [3.63, 3.8) is 0 Å². The van der Waals surface area contributed by atoms with Crippen molar-refractivity contribution in [3.8, 4) is 22.5 Å². The summed E-state index contributed by atoms with van der Waals surface area (Å²) in [5.41, 5.74) is 2.78. The number of esters is 1. The van der Waals surface area contributed by atoms with Gasteiger partial charge in [0.1, 0.15) is 17.2 Å². The number of nitrogens with zero attached hydrogens (tertiary/aromatic N) is 1. The number of benzene rings is 3. The van der Waals surface area contributed by atoms with Gasteiger partial charge in [-0.15, -0.1) is 0 Å². The average Bonchev–Trinajstić information content (AvgIpc) is 3.28. The number of fused-ring (bicyclic) bond motifs is 1. The fourth-order valence-electron chi connectivity index (χ4n) is 4.38. The highest BCUT2D eigenvalue weighted by atomic mass is 32.2. The van der Waals surface area contributed by atoms with E-state index in [1.807, 2.05) is 30.3 Å². The second kappa shape index (κ2) is 11.7. The molecule has 204 valence electrons. The van der Waals surface area contributed by atoms with Crippen molar-refractivity contribution in [2.45, 2.75) is 19.8 Å². The van der Waals surface area contributed by atoms with E-state index in [1.165, 1.54) is 42.5 Å². The topological polar surface area (TPSA) is 106 Å². The number of furan rings is 1. The Labute approximate surface area is 226 Å². The van der Waals surface area contributed by atoms with Crippen LogP contribution in [0.4, 0.5) is 10.1 Å². The molecule has 3 aromatic carbocycles. The number of unbranched alkanes of at least 4 members (excludes halogenated alkanes) is 1. The average molecular weight is 553 g/mol. The number of sulfonamides is 1. The normalized spacial score (nSPS) is 11.4. The second-order valence-corrected chi connectivity index (χ2v) is 10.9. The first kappa shape index (κ1) is 27.8. The molecule has 8 nitrogen and oxygen atoms in total. The SMILES string of the molecule is CNC(=O)c1c(-c2ccc(F)cc2)oc2cc(N(CCCCOC(C)=O)S(C)(=O)=O)c(-c3ccccc3)cc12. The minimum Gasteiger partial charge on any atom is -0.466 e. The molecule has 0 fully saturated rings. The lowest BCUT2D eigenvalue weighted by molar-refractivity contribution is -0.141. The molecule has 0 aliphatic heterocycles. The van der Waals surface area contributed by atoms with Crippen LogP contribution in [0.3, 0.4) is 0 Å². The van der Waals surface area contributed by atoms with Gasteiger partial charge in [0.05, 0.1) is 24.1 Å². The molecule has 0 spiro atoms. The molecule has 0 saturated carbocycles. The molecule has 39 heavy (non-hydrogen) atoms. The predicted octanol–water partition coefficient (Wildman–Crippen LogP) is 5.37. The number of carbonyl (C=O) groups excluding carboxylic acids is 2. The summed E-state index contributed by atoms with van der Waals surface area (Å²) >= 11 is 0. The molecule has 0 saturated heterocycles. The number of rotatable bonds is 10. The molecule has 4 aromatic rings. The van der Waals surface area contributed by atoms with E-state index < -0.39 is 27.7 Å². The molecule has 4 rings (SSSR count). The van der Waals surface area contributed by atoms with Gasteiger partial charge in [-0.2, -0.15) is 0 Å². The number of nitrogens with one attached hydrogen (secondary N) is 1. The molecule has 0 aliphatic rings. The Bertz CT molecular complexity index is 1600. The van der Waals surface area contributed by atoms with E-state index in [1.54, 1.807) is 12.1 Å². The van der Waals surface area contributed by atoms with E-state index in [2.05, 4.69) is 5.32 Å². The van der Waals surface area contributed by atoms with Gasteiger partial charge in [-0.3, -0.25) is 13.9 Å². The maximum atomic E-state index is 13.6. The predicted molar refractivity (Wildman–Crippen MR) is 148 cm³/mol. The minimum absolute atomic E-state index is 0.138. The Morgan fingerprint density at radius 2 is 1.69 bits per heavy atom. The molecule has 1 aromatic heterocycles. The van der Waals surface area contributed by atoms with Crippen LogP contribution < -0.4 is 9.62 Å². The third-order valence-corrected chi connectivity index (χ3v) is 7.36. The number of amides is 1. The van der Waals surface area contributed by atoms with E-state index in [0.29, 0.717) is 40.6 Å². The number of hydrogen-bond acceptors (Lipinski definition) is 6. The largest absolute Gasteiger partial charge is 0.466 e. The number of anilines is 1. The summed E-state index contributed by atoms with van der Waals surface area (Å²) in [6, 6.07) is 18.2. The quantitative estimate of drug-likeness (QED) is 0.209. The van der Waals surface area contributed by atoms with E-state index in [9.17, 15) is 22.4 Å². The minimum atomic E-state index is -3.74. The Hall–Kier alpha value is -4.18. The molecule has 0 radical (unpaired) electrons. The second-order valence-electron chi connectivity index (χ2n) is 9.01. The van der Waals surface area contributed by atoms with Crippen LogP contribution in [-0.4, -0.2) is 46.7 Å². The van der Waals surface area contributed by atoms with Gasteiger partial charge >= 0.3 is 5.97 Å². The molecule has 1 heterocycles. The van der Waals surface area contributed by atoms with Gasteiger partial charge in [0.25, 0.3) is 5.91 Å². The summed E-state index contributed by atoms with van der Waals surface area (Å²) in [7, 11) is -2.24. The first-order valence-electron chi connectivity index (χ1n) is 12.3. The highest BCUT2D eigenvalue weighted by Gasteiger charge is 2.27. The van der Waals surface area contributed by atoms with Gasteiger partial charge in [0.15, 0.2) is 0 Å². The van der Waals surface area contributed by atoms with Crippen LogP contribution in [0.15, 0.2) is 71.1 Å². The zero-order chi connectivity index (χ0) is 28.2. The van der Waals surface area contributed by atoms with Gasteiger partial charge < -0.3 is 14.5 Å². The van der Waals surface area contributed by atoms with Crippen molar-refractivity contribution in [2.75, 3.05) is 30.8 Å². The highest BCUT2D eigenvalue weighted by molar-refractivity contribution is 7.92. The van der Waals surface area contributed by atoms with Crippen molar-refractivity contribution in [1.29, 1.82) is 0 Å². The van der Waals surface area contributed by atoms with Crippen LogP contribution in [0.2, 0.25) is 0 Å². The van der Waals surface area contributed by atoms with E-state index in [-0.39, 0.29) is 24.5 Å². The Morgan fingerprint density at radius 1 is 1.00 bits per heavy atom. The zero-order valence-corrected chi connectivity index (χ0v) is 22.7. The standard InChI is InChI=1S/C29H29FN2O6S/c1-19(33)37-16-8-7-15-32(39(3,35)36)25-18-26-24(17-23(25)20-9-5-4-6-10-20)27(29(34)31-2)28(38-26)21-11-13-22(30)14-12-21/h4-6,9-14,17-18H,7-8,15-16H2,1-3H3,(H,31,34). The summed E-state index contributed by atoms with van der Waals surface area (Å²) in [5, 5.41) is 3.12. The van der Waals surface area contributed by atoms with Gasteiger partial charge in [-0.1, -0.05) is 30.3 Å². The van der Waals surface area contributed by atoms with Gasteiger partial charge in [-0.05, 0) is 48.7 Å². The maximum Gasteiger partial charge on any atom is 0.302 e. The number of carbonyl (C=O) groups is 2. The number of halogens is 1. The first-order chi connectivity index (χ1) is 18.6. The van der Waals surface area contributed by atoms with Crippen molar-refractivity contribution in [1.82, 2.24) is 5.32 Å². The molecule has 0 bridgehead atoms. The van der Waals surface area contributed by atoms with Crippen LogP contribution in [0.1, 0.15) is 30.1 Å². The van der Waals surface area contributed by atoms with Crippen molar-refractivity contribution in [3.05, 3.63) is 78.1 Å². The van der Waals surface area contributed by atoms with Gasteiger partial charge in [0, 0.05) is 43.1 Å². The molecular weight excluding hydrogens is 523 g/mol. The number of hydrogen-bond donors (Lipinski definition) is 1. The molecule has 1 amide bonds. The highest BCUT2D eigenvalue weighted by Crippen LogP contribution is 2.41. The molecule has 0 unspecified atom stereocenters. The monoisotopic (exact) mass is 552 g/mol. The van der Waals surface area contributed by atoms with Crippen LogP contribution in [0.5, 0.6) is 0 Å². The third kappa shape index (κ3) is 6.28. The van der Waals surface area contributed by atoms with E-state index in [4.69, 9.17) is 9.15 Å². The third-order valence-electron chi connectivity index (χ3n) is 6.18. The van der Waals surface area contributed by atoms with Crippen molar-refractivity contribution in [2.24, 2.45) is 0 Å². The smallest absolute Gasteiger partial charge is 0.302 e.